The van der Waals surface area contributed by atoms with Gasteiger partial charge in [-0.15, -0.1) is 0 Å². The lowest BCUT2D eigenvalue weighted by atomic mass is 9.79. The van der Waals surface area contributed by atoms with Gasteiger partial charge in [-0.05, 0) is 216 Å². The number of nitrogens with one attached hydrogen (secondary N) is 2. The summed E-state index contributed by atoms with van der Waals surface area (Å²) >= 11 is 3.11. The second-order valence-electron chi connectivity index (χ2n) is 26.2. The van der Waals surface area contributed by atoms with Crippen LogP contribution in [0.3, 0.4) is 0 Å². The minimum Gasteiger partial charge on any atom is -0.355 e. The van der Waals surface area contributed by atoms with Crippen LogP contribution in [0.25, 0.3) is 22.3 Å². The first-order valence-corrected chi connectivity index (χ1v) is 33.6. The molecule has 0 amide bonds. The van der Waals surface area contributed by atoms with Crippen LogP contribution in [0.1, 0.15) is 208 Å². The Bertz CT molecular complexity index is 3350. The molecule has 0 aliphatic heterocycles. The molecule has 428 valence electrons. The molecule has 0 aromatic heterocycles. The maximum absolute atomic E-state index is 16.1. The lowest BCUT2D eigenvalue weighted by Crippen LogP contribution is -2.25. The smallest absolute Gasteiger partial charge is 0.197 e. The van der Waals surface area contributed by atoms with Crippen molar-refractivity contribution in [1.82, 2.24) is 0 Å². The Morgan fingerprint density at radius 2 is 0.536 bits per heavy atom. The Morgan fingerprint density at radius 3 is 0.810 bits per heavy atom. The molecule has 0 saturated heterocycles. The van der Waals surface area contributed by atoms with Crippen molar-refractivity contribution < 1.29 is 9.59 Å². The van der Waals surface area contributed by atoms with Crippen molar-refractivity contribution in [1.29, 1.82) is 0 Å². The van der Waals surface area contributed by atoms with Gasteiger partial charge >= 0.3 is 0 Å². The van der Waals surface area contributed by atoms with E-state index in [1.807, 2.05) is 24.3 Å². The van der Waals surface area contributed by atoms with Crippen LogP contribution in [0.2, 0.25) is 0 Å². The summed E-state index contributed by atoms with van der Waals surface area (Å²) in [5, 5.41) is 7.39. The number of carbonyl (C=O) groups is 2. The van der Waals surface area contributed by atoms with Gasteiger partial charge in [-0.2, -0.15) is 0 Å². The van der Waals surface area contributed by atoms with Crippen LogP contribution in [-0.4, -0.2) is 11.6 Å². The zero-order valence-electron chi connectivity index (χ0n) is 49.7. The molecule has 5 aliphatic carbocycles. The third kappa shape index (κ3) is 12.4. The molecule has 4 fully saturated rings. The summed E-state index contributed by atoms with van der Waals surface area (Å²) in [5.41, 5.74) is 15.1. The molecule has 5 aliphatic rings. The zero-order valence-corrected chi connectivity index (χ0v) is 51.4. The Balaban J connectivity index is 0.845. The van der Waals surface area contributed by atoms with Crippen molar-refractivity contribution in [2.75, 3.05) is 10.6 Å². The van der Waals surface area contributed by atoms with E-state index in [1.165, 1.54) is 136 Å². The lowest BCUT2D eigenvalue weighted by Gasteiger charge is -2.28. The normalized spacial score (nSPS) is 23.3. The molecule has 0 unspecified atom stereocenters. The average Bonchev–Trinajstić information content (AvgIpc) is 0.966. The van der Waals surface area contributed by atoms with E-state index in [0.29, 0.717) is 57.3 Å². The van der Waals surface area contributed by atoms with Crippen LogP contribution in [0, 0.1) is 23.7 Å². The highest BCUT2D eigenvalue weighted by Gasteiger charge is 2.38. The van der Waals surface area contributed by atoms with Gasteiger partial charge in [-0.25, -0.2) is 0 Å². The van der Waals surface area contributed by atoms with Crippen LogP contribution >= 0.6 is 23.5 Å². The SMILES string of the molecule is CC1CCC(c2ccc(Nc3ccc(Sc4ccc(-c5ccc(C6CCC(C)CC6)cc5)cc4)c4c3C(=O)c3c(Sc5ccc(-c6ccc(C7CCC(C)CC7)cc6)cc5)ccc(Nc5ccc(C6CCC(C)CC6)cc5)c3C4=O)cc2)CC1. The molecule has 0 heterocycles. The molecule has 8 aromatic carbocycles. The Morgan fingerprint density at radius 1 is 0.286 bits per heavy atom. The van der Waals surface area contributed by atoms with Gasteiger partial charge in [-0.1, -0.05) is 200 Å². The third-order valence-corrected chi connectivity index (χ3v) is 22.4. The van der Waals surface area contributed by atoms with Crippen LogP contribution in [0.4, 0.5) is 22.7 Å². The average molecular weight is 1140 g/mol. The van der Waals surface area contributed by atoms with Gasteiger partial charge in [0.25, 0.3) is 0 Å². The predicted octanol–water partition coefficient (Wildman–Crippen LogP) is 22.8. The van der Waals surface area contributed by atoms with Crippen LogP contribution in [-0.2, 0) is 0 Å². The van der Waals surface area contributed by atoms with Gasteiger partial charge in [0.15, 0.2) is 11.6 Å². The van der Waals surface area contributed by atoms with Crippen molar-refractivity contribution in [2.24, 2.45) is 23.7 Å². The van der Waals surface area contributed by atoms with E-state index in [9.17, 15) is 0 Å². The fourth-order valence-electron chi connectivity index (χ4n) is 14.7. The highest BCUT2D eigenvalue weighted by atomic mass is 32.2. The van der Waals surface area contributed by atoms with Gasteiger partial charge in [-0.3, -0.25) is 9.59 Å². The summed E-state index contributed by atoms with van der Waals surface area (Å²) in [5.74, 6) is 5.36. The zero-order chi connectivity index (χ0) is 57.3. The molecule has 4 nitrogen and oxygen atoms in total. The number of carbonyl (C=O) groups excluding carboxylic acids is 2. The second kappa shape index (κ2) is 25.2. The van der Waals surface area contributed by atoms with Crippen molar-refractivity contribution in [2.45, 2.75) is 174 Å². The van der Waals surface area contributed by atoms with E-state index in [1.54, 1.807) is 23.5 Å². The lowest BCUT2D eigenvalue weighted by molar-refractivity contribution is 0.0976. The molecule has 0 atom stereocenters. The summed E-state index contributed by atoms with van der Waals surface area (Å²) in [7, 11) is 0. The third-order valence-electron chi connectivity index (χ3n) is 20.2. The number of benzene rings is 8. The van der Waals surface area contributed by atoms with Gasteiger partial charge in [0.2, 0.25) is 0 Å². The minimum absolute atomic E-state index is 0.156. The summed E-state index contributed by atoms with van der Waals surface area (Å²) in [6, 6.07) is 61.5. The maximum Gasteiger partial charge on any atom is 0.197 e. The molecule has 13 rings (SSSR count). The largest absolute Gasteiger partial charge is 0.355 e. The molecule has 4 saturated carbocycles. The summed E-state index contributed by atoms with van der Waals surface area (Å²) in [4.78, 5) is 35.7. The summed E-state index contributed by atoms with van der Waals surface area (Å²) in [6.45, 7) is 9.51. The van der Waals surface area contributed by atoms with Crippen molar-refractivity contribution in [3.8, 4) is 22.3 Å². The van der Waals surface area contributed by atoms with Crippen molar-refractivity contribution >= 4 is 57.8 Å². The first-order valence-electron chi connectivity index (χ1n) is 32.0. The highest BCUT2D eigenvalue weighted by Crippen LogP contribution is 2.48. The van der Waals surface area contributed by atoms with Gasteiger partial charge in [0.1, 0.15) is 0 Å². The maximum atomic E-state index is 16.1. The number of anilines is 4. The minimum atomic E-state index is -0.156. The number of fused-ring (bicyclic) bond motifs is 2. The van der Waals surface area contributed by atoms with Crippen LogP contribution in [0.15, 0.2) is 189 Å². The first-order chi connectivity index (χ1) is 41.0. The molecule has 0 radical (unpaired) electrons. The monoisotopic (exact) mass is 1140 g/mol. The quantitative estimate of drug-likeness (QED) is 0.113. The molecular weight excluding hydrogens is 1060 g/mol. The number of hydrogen-bond acceptors (Lipinski definition) is 6. The number of ketones is 2. The molecule has 2 N–H and O–H groups in total. The molecule has 0 spiro atoms. The molecule has 0 bridgehead atoms. The standard InChI is InChI=1S/C78H82N2O2S2/c1-49-5-13-53(14-6-49)57-21-25-59(26-22-57)63-33-41-67(42-34-63)83-71-47-45-69(79-65-37-29-61(30-38-65)55-17-9-51(3)10-18-55)73-75(71)77(81)74-70(80-66-39-31-62(32-40-66)56-19-11-52(4)12-20-56)46-48-72(76(74)78(73)82)84-68-43-35-64(36-44-68)60-27-23-58(24-28-60)54-15-7-50(2)8-16-54/h21-56,79-80H,5-20H2,1-4H3. The van der Waals surface area contributed by atoms with Gasteiger partial charge in [0, 0.05) is 42.1 Å². The Kier molecular flexibility index (Phi) is 16.9. The second-order valence-corrected chi connectivity index (χ2v) is 28.4. The number of hydrogen-bond donors (Lipinski definition) is 2. The van der Waals surface area contributed by atoms with Gasteiger partial charge < -0.3 is 10.6 Å². The van der Waals surface area contributed by atoms with E-state index < -0.39 is 0 Å². The van der Waals surface area contributed by atoms with E-state index in [2.05, 4.69) is 184 Å². The van der Waals surface area contributed by atoms with E-state index in [-0.39, 0.29) is 11.6 Å². The van der Waals surface area contributed by atoms with Crippen molar-refractivity contribution in [3.63, 3.8) is 0 Å². The molecular formula is C78H82N2O2S2. The number of rotatable bonds is 14. The van der Waals surface area contributed by atoms with Crippen LogP contribution in [0.5, 0.6) is 0 Å². The fraction of sp³-hybridized carbons (Fsp3) is 0.359. The Labute approximate surface area is 508 Å². The molecule has 84 heavy (non-hydrogen) atoms. The first kappa shape index (κ1) is 56.5. The Hall–Kier alpha value is -6.60. The predicted molar refractivity (Wildman–Crippen MR) is 353 cm³/mol. The summed E-state index contributed by atoms with van der Waals surface area (Å²) in [6.07, 6.45) is 20.3. The molecule has 8 aromatic rings. The van der Waals surface area contributed by atoms with E-state index >= 15 is 9.59 Å². The van der Waals surface area contributed by atoms with E-state index in [0.717, 1.165) is 65.8 Å². The van der Waals surface area contributed by atoms with Gasteiger partial charge in [0.05, 0.1) is 22.5 Å². The fourth-order valence-corrected chi connectivity index (χ4v) is 16.6. The van der Waals surface area contributed by atoms with Crippen molar-refractivity contribution in [3.05, 3.63) is 214 Å². The summed E-state index contributed by atoms with van der Waals surface area (Å²) < 4.78 is 0. The highest BCUT2D eigenvalue weighted by molar-refractivity contribution is 7.99. The van der Waals surface area contributed by atoms with E-state index in [4.69, 9.17) is 0 Å². The van der Waals surface area contributed by atoms with Crippen LogP contribution < -0.4 is 10.6 Å². The molecule has 6 heteroatoms. The topological polar surface area (TPSA) is 58.2 Å².